The highest BCUT2D eigenvalue weighted by atomic mass is 16.3. The molecule has 0 unspecified atom stereocenters. The number of benzene rings is 1. The van der Waals surface area contributed by atoms with Crippen molar-refractivity contribution in [2.75, 3.05) is 0 Å². The van der Waals surface area contributed by atoms with Gasteiger partial charge in [-0.1, -0.05) is 0 Å². The number of nitrogens with zero attached hydrogens (tertiary/aromatic N) is 3. The Hall–Kier alpha value is -2.49. The van der Waals surface area contributed by atoms with Gasteiger partial charge >= 0.3 is 0 Å². The Labute approximate surface area is 104 Å². The van der Waals surface area contributed by atoms with Crippen LogP contribution in [0.25, 0.3) is 16.6 Å². The zero-order valence-electron chi connectivity index (χ0n) is 9.87. The maximum Gasteiger partial charge on any atom is 0.108 e. The normalized spacial score (nSPS) is 10.7. The lowest BCUT2D eigenvalue weighted by Crippen LogP contribution is -1.93. The number of pyridine rings is 1. The van der Waals surface area contributed by atoms with Crippen molar-refractivity contribution >= 4 is 16.6 Å². The minimum Gasteiger partial charge on any atom is -0.315 e. The zero-order valence-corrected chi connectivity index (χ0v) is 9.87. The molecule has 3 rings (SSSR count). The van der Waals surface area contributed by atoms with E-state index < -0.39 is 0 Å². The van der Waals surface area contributed by atoms with Crippen LogP contribution in [0.4, 0.5) is 5.69 Å². The first-order valence-corrected chi connectivity index (χ1v) is 5.65. The second kappa shape index (κ2) is 4.07. The highest BCUT2D eigenvalue weighted by Crippen LogP contribution is 2.24. The molecular formula is C14H11N3O. The molecule has 0 amide bonds. The molecule has 0 aliphatic rings. The number of hydrogen-bond acceptors (Lipinski definition) is 3. The third-order valence-corrected chi connectivity index (χ3v) is 2.95. The van der Waals surface area contributed by atoms with Crippen molar-refractivity contribution in [2.45, 2.75) is 6.92 Å². The smallest absolute Gasteiger partial charge is 0.108 e. The third kappa shape index (κ3) is 1.68. The summed E-state index contributed by atoms with van der Waals surface area (Å²) < 4.78 is 2.04. The zero-order chi connectivity index (χ0) is 12.5. The van der Waals surface area contributed by atoms with Crippen LogP contribution in [0.15, 0.2) is 54.0 Å². The van der Waals surface area contributed by atoms with Gasteiger partial charge in [0.15, 0.2) is 0 Å². The van der Waals surface area contributed by atoms with Gasteiger partial charge in [-0.05, 0) is 48.5 Å². The summed E-state index contributed by atoms with van der Waals surface area (Å²) in [6.45, 7) is 1.96. The van der Waals surface area contributed by atoms with Gasteiger partial charge < -0.3 is 4.57 Å². The fourth-order valence-corrected chi connectivity index (χ4v) is 2.01. The van der Waals surface area contributed by atoms with Crippen molar-refractivity contribution in [2.24, 2.45) is 5.18 Å². The first kappa shape index (κ1) is 10.7. The number of rotatable bonds is 2. The second-order valence-corrected chi connectivity index (χ2v) is 4.18. The van der Waals surface area contributed by atoms with Crippen LogP contribution in [-0.4, -0.2) is 9.55 Å². The number of aryl methyl sites for hydroxylation is 1. The molecule has 18 heavy (non-hydrogen) atoms. The molecule has 3 aromatic rings. The maximum atomic E-state index is 10.5. The summed E-state index contributed by atoms with van der Waals surface area (Å²) in [5, 5.41) is 3.94. The van der Waals surface area contributed by atoms with E-state index >= 15 is 0 Å². The van der Waals surface area contributed by atoms with Crippen molar-refractivity contribution in [1.82, 2.24) is 9.55 Å². The lowest BCUT2D eigenvalue weighted by atomic mass is 10.2. The lowest BCUT2D eigenvalue weighted by Gasteiger charge is -2.05. The minimum atomic E-state index is 0.447. The largest absolute Gasteiger partial charge is 0.315 e. The standard InChI is InChI=1S/C14H11N3O/c1-10-2-4-13(9-15-10)17-7-6-11-8-12(16-18)3-5-14(11)17/h2-9H,1H3. The van der Waals surface area contributed by atoms with Crippen LogP contribution >= 0.6 is 0 Å². The van der Waals surface area contributed by atoms with Crippen molar-refractivity contribution in [3.05, 3.63) is 59.4 Å². The van der Waals surface area contributed by atoms with Crippen LogP contribution in [0.2, 0.25) is 0 Å². The van der Waals surface area contributed by atoms with Gasteiger partial charge in [-0.3, -0.25) is 4.98 Å². The Kier molecular flexibility index (Phi) is 2.41. The highest BCUT2D eigenvalue weighted by molar-refractivity contribution is 5.84. The fraction of sp³-hybridized carbons (Fsp3) is 0.0714. The molecule has 2 aromatic heterocycles. The number of nitroso groups, excluding NO2 is 1. The Morgan fingerprint density at radius 2 is 2.06 bits per heavy atom. The van der Waals surface area contributed by atoms with E-state index in [1.54, 1.807) is 12.1 Å². The van der Waals surface area contributed by atoms with Crippen molar-refractivity contribution in [3.63, 3.8) is 0 Å². The molecule has 0 aliphatic carbocycles. The molecule has 0 fully saturated rings. The van der Waals surface area contributed by atoms with Crippen LogP contribution in [0.5, 0.6) is 0 Å². The molecule has 0 spiro atoms. The van der Waals surface area contributed by atoms with Crippen LogP contribution in [0, 0.1) is 11.8 Å². The average Bonchev–Trinajstić information content (AvgIpc) is 2.82. The molecule has 0 aliphatic heterocycles. The molecule has 0 N–H and O–H groups in total. The Bertz CT molecular complexity index is 713. The number of hydrogen-bond donors (Lipinski definition) is 0. The van der Waals surface area contributed by atoms with Crippen LogP contribution in [-0.2, 0) is 0 Å². The Balaban J connectivity index is 2.18. The summed E-state index contributed by atoms with van der Waals surface area (Å²) in [4.78, 5) is 14.8. The van der Waals surface area contributed by atoms with Crippen LogP contribution in [0.1, 0.15) is 5.69 Å². The predicted molar refractivity (Wildman–Crippen MR) is 71.3 cm³/mol. The van der Waals surface area contributed by atoms with E-state index in [4.69, 9.17) is 0 Å². The molecule has 1 aromatic carbocycles. The van der Waals surface area contributed by atoms with E-state index in [9.17, 15) is 4.91 Å². The van der Waals surface area contributed by atoms with Gasteiger partial charge in [0.1, 0.15) is 5.69 Å². The van der Waals surface area contributed by atoms with Gasteiger partial charge in [0.25, 0.3) is 0 Å². The topological polar surface area (TPSA) is 47.2 Å². The van der Waals surface area contributed by atoms with E-state index in [0.717, 1.165) is 22.3 Å². The summed E-state index contributed by atoms with van der Waals surface area (Å²) in [6.07, 6.45) is 3.80. The summed E-state index contributed by atoms with van der Waals surface area (Å²) in [5.74, 6) is 0. The molecule has 4 nitrogen and oxygen atoms in total. The van der Waals surface area contributed by atoms with E-state index in [-0.39, 0.29) is 0 Å². The monoisotopic (exact) mass is 237 g/mol. The number of aromatic nitrogens is 2. The molecule has 88 valence electrons. The minimum absolute atomic E-state index is 0.447. The van der Waals surface area contributed by atoms with Gasteiger partial charge in [0.2, 0.25) is 0 Å². The van der Waals surface area contributed by atoms with Crippen molar-refractivity contribution in [1.29, 1.82) is 0 Å². The molecule has 0 atom stereocenters. The highest BCUT2D eigenvalue weighted by Gasteiger charge is 2.04. The Morgan fingerprint density at radius 1 is 1.17 bits per heavy atom. The molecular weight excluding hydrogens is 226 g/mol. The summed E-state index contributed by atoms with van der Waals surface area (Å²) in [7, 11) is 0. The lowest BCUT2D eigenvalue weighted by molar-refractivity contribution is 1.08. The fourth-order valence-electron chi connectivity index (χ4n) is 2.01. The molecule has 4 heteroatoms. The summed E-state index contributed by atoms with van der Waals surface area (Å²) in [5.41, 5.74) is 3.47. The third-order valence-electron chi connectivity index (χ3n) is 2.95. The first-order valence-electron chi connectivity index (χ1n) is 5.65. The van der Waals surface area contributed by atoms with Crippen molar-refractivity contribution < 1.29 is 0 Å². The first-order chi connectivity index (χ1) is 8.78. The van der Waals surface area contributed by atoms with Gasteiger partial charge in [0, 0.05) is 17.3 Å². The van der Waals surface area contributed by atoms with Gasteiger partial charge in [0.05, 0.1) is 17.4 Å². The van der Waals surface area contributed by atoms with Gasteiger partial charge in [-0.2, -0.15) is 0 Å². The summed E-state index contributed by atoms with van der Waals surface area (Å²) in [6, 6.07) is 11.3. The molecule has 0 bridgehead atoms. The van der Waals surface area contributed by atoms with Crippen LogP contribution in [0.3, 0.4) is 0 Å². The molecule has 0 saturated carbocycles. The quantitative estimate of drug-likeness (QED) is 0.637. The van der Waals surface area contributed by atoms with Gasteiger partial charge in [-0.15, -0.1) is 4.91 Å². The SMILES string of the molecule is Cc1ccc(-n2ccc3cc(N=O)ccc32)cn1. The molecule has 0 radical (unpaired) electrons. The van der Waals surface area contributed by atoms with E-state index in [1.165, 1.54) is 0 Å². The predicted octanol–water partition coefficient (Wildman–Crippen LogP) is 3.73. The average molecular weight is 237 g/mol. The molecule has 0 saturated heterocycles. The van der Waals surface area contributed by atoms with Gasteiger partial charge in [-0.25, -0.2) is 0 Å². The number of fused-ring (bicyclic) bond motifs is 1. The van der Waals surface area contributed by atoms with E-state index in [1.807, 2.05) is 48.1 Å². The second-order valence-electron chi connectivity index (χ2n) is 4.18. The molecule has 2 heterocycles. The maximum absolute atomic E-state index is 10.5. The van der Waals surface area contributed by atoms with Crippen molar-refractivity contribution in [3.8, 4) is 5.69 Å². The summed E-state index contributed by atoms with van der Waals surface area (Å²) >= 11 is 0. The Morgan fingerprint density at radius 3 is 2.78 bits per heavy atom. The van der Waals surface area contributed by atoms with Crippen LogP contribution < -0.4 is 0 Å². The van der Waals surface area contributed by atoms with E-state index in [0.29, 0.717) is 5.69 Å². The van der Waals surface area contributed by atoms with E-state index in [2.05, 4.69) is 10.2 Å².